The molecule has 19 heavy (non-hydrogen) atoms. The fraction of sp³-hybridized carbons (Fsp3) is 0.188. The van der Waals surface area contributed by atoms with Gasteiger partial charge in [-0.2, -0.15) is 0 Å². The summed E-state index contributed by atoms with van der Waals surface area (Å²) in [5.74, 6) is -0.174. The number of nitrogens with zero attached hydrogens (tertiary/aromatic N) is 1. The van der Waals surface area contributed by atoms with Crippen molar-refractivity contribution in [1.29, 1.82) is 0 Å². The van der Waals surface area contributed by atoms with Crippen molar-refractivity contribution >= 4 is 11.6 Å². The minimum atomic E-state index is -0.563. The maximum absolute atomic E-state index is 12.7. The molecule has 0 saturated carbocycles. The average Bonchev–Trinajstić information content (AvgIpc) is 2.45. The van der Waals surface area contributed by atoms with Crippen molar-refractivity contribution in [1.82, 2.24) is 0 Å². The molecular formula is C16H16FNO. The van der Waals surface area contributed by atoms with Gasteiger partial charge in [0, 0.05) is 11.3 Å². The molecule has 0 radical (unpaired) electrons. The number of halogens is 1. The molecule has 0 aliphatic carbocycles. The number of hydrogen-bond donors (Lipinski definition) is 0. The summed E-state index contributed by atoms with van der Waals surface area (Å²) in [6.45, 7) is 1.43. The third-order valence-electron chi connectivity index (χ3n) is 2.89. The normalized spacial score (nSPS) is 10.2. The van der Waals surface area contributed by atoms with Gasteiger partial charge in [-0.1, -0.05) is 35.9 Å². The molecule has 0 aliphatic heterocycles. The molecule has 0 bridgehead atoms. The Kier molecular flexibility index (Phi) is 4.29. The standard InChI is InChI=1S/C16H16FNO/c1-13-6-5-7-14(12-13)16(19)18(11-10-17)15-8-3-2-4-9-15/h2-9,12H,10-11H2,1H3. The van der Waals surface area contributed by atoms with Gasteiger partial charge in [-0.15, -0.1) is 0 Å². The Hall–Kier alpha value is -2.16. The van der Waals surface area contributed by atoms with Gasteiger partial charge < -0.3 is 4.90 Å². The van der Waals surface area contributed by atoms with Gasteiger partial charge >= 0.3 is 0 Å². The molecule has 0 atom stereocenters. The van der Waals surface area contributed by atoms with Crippen LogP contribution in [0.5, 0.6) is 0 Å². The van der Waals surface area contributed by atoms with Crippen molar-refractivity contribution in [3.8, 4) is 0 Å². The van der Waals surface area contributed by atoms with E-state index in [9.17, 15) is 9.18 Å². The summed E-state index contributed by atoms with van der Waals surface area (Å²) >= 11 is 0. The molecule has 2 aromatic carbocycles. The quantitative estimate of drug-likeness (QED) is 0.819. The van der Waals surface area contributed by atoms with Gasteiger partial charge in [0.15, 0.2) is 0 Å². The number of anilines is 1. The van der Waals surface area contributed by atoms with E-state index in [-0.39, 0.29) is 12.5 Å². The minimum absolute atomic E-state index is 0.0663. The largest absolute Gasteiger partial charge is 0.306 e. The van der Waals surface area contributed by atoms with Gasteiger partial charge in [-0.05, 0) is 31.2 Å². The predicted octanol–water partition coefficient (Wildman–Crippen LogP) is 3.61. The summed E-state index contributed by atoms with van der Waals surface area (Å²) in [6, 6.07) is 16.5. The topological polar surface area (TPSA) is 20.3 Å². The van der Waals surface area contributed by atoms with E-state index in [0.717, 1.165) is 5.56 Å². The Labute approximate surface area is 112 Å². The lowest BCUT2D eigenvalue weighted by Gasteiger charge is -2.21. The molecule has 0 aliphatic rings. The highest BCUT2D eigenvalue weighted by atomic mass is 19.1. The lowest BCUT2D eigenvalue weighted by Crippen LogP contribution is -2.32. The second-order valence-electron chi connectivity index (χ2n) is 4.35. The minimum Gasteiger partial charge on any atom is -0.306 e. The highest BCUT2D eigenvalue weighted by Gasteiger charge is 2.17. The molecule has 1 amide bonds. The van der Waals surface area contributed by atoms with Crippen LogP contribution < -0.4 is 4.90 Å². The fourth-order valence-electron chi connectivity index (χ4n) is 1.97. The van der Waals surface area contributed by atoms with Crippen molar-refractivity contribution in [3.63, 3.8) is 0 Å². The maximum atomic E-state index is 12.7. The van der Waals surface area contributed by atoms with Crippen LogP contribution in [0.25, 0.3) is 0 Å². The first kappa shape index (κ1) is 13.3. The van der Waals surface area contributed by atoms with Crippen LogP contribution in [-0.2, 0) is 0 Å². The first-order valence-corrected chi connectivity index (χ1v) is 6.22. The molecule has 2 aromatic rings. The molecule has 2 rings (SSSR count). The Bertz CT molecular complexity index is 554. The van der Waals surface area contributed by atoms with E-state index in [1.54, 1.807) is 6.07 Å². The molecule has 98 valence electrons. The van der Waals surface area contributed by atoms with E-state index in [1.807, 2.05) is 55.5 Å². The molecule has 3 heteroatoms. The van der Waals surface area contributed by atoms with Crippen molar-refractivity contribution in [2.75, 3.05) is 18.1 Å². The van der Waals surface area contributed by atoms with E-state index in [2.05, 4.69) is 0 Å². The zero-order valence-electron chi connectivity index (χ0n) is 10.8. The van der Waals surface area contributed by atoms with Crippen molar-refractivity contribution < 1.29 is 9.18 Å². The number of rotatable bonds is 4. The second-order valence-corrected chi connectivity index (χ2v) is 4.35. The number of hydrogen-bond acceptors (Lipinski definition) is 1. The summed E-state index contributed by atoms with van der Waals surface area (Å²) in [5, 5.41) is 0. The number of benzene rings is 2. The van der Waals surface area contributed by atoms with Gasteiger partial charge in [-0.3, -0.25) is 4.79 Å². The summed E-state index contributed by atoms with van der Waals surface area (Å²) in [4.78, 5) is 13.9. The molecule has 0 unspecified atom stereocenters. The second kappa shape index (κ2) is 6.14. The van der Waals surface area contributed by atoms with Gasteiger partial charge in [0.1, 0.15) is 6.67 Å². The van der Waals surface area contributed by atoms with E-state index in [4.69, 9.17) is 0 Å². The third kappa shape index (κ3) is 3.19. The number of aryl methyl sites for hydroxylation is 1. The lowest BCUT2D eigenvalue weighted by molar-refractivity contribution is 0.0985. The molecule has 0 N–H and O–H groups in total. The molecular weight excluding hydrogens is 241 g/mol. The van der Waals surface area contributed by atoms with Gasteiger partial charge in [0.2, 0.25) is 0 Å². The van der Waals surface area contributed by atoms with Crippen LogP contribution in [0.4, 0.5) is 10.1 Å². The number of carbonyl (C=O) groups is 1. The first-order valence-electron chi connectivity index (χ1n) is 6.22. The molecule has 0 saturated heterocycles. The number of alkyl halides is 1. The monoisotopic (exact) mass is 257 g/mol. The van der Waals surface area contributed by atoms with E-state index in [1.165, 1.54) is 4.90 Å². The summed E-state index contributed by atoms with van der Waals surface area (Å²) in [7, 11) is 0. The Morgan fingerprint density at radius 2 is 1.84 bits per heavy atom. The molecule has 0 heterocycles. The number of para-hydroxylation sites is 1. The fourth-order valence-corrected chi connectivity index (χ4v) is 1.97. The van der Waals surface area contributed by atoms with Crippen LogP contribution in [0.15, 0.2) is 54.6 Å². The summed E-state index contributed by atoms with van der Waals surface area (Å²) in [5.41, 5.74) is 2.31. The van der Waals surface area contributed by atoms with Crippen LogP contribution >= 0.6 is 0 Å². The summed E-state index contributed by atoms with van der Waals surface area (Å²) < 4.78 is 12.7. The Morgan fingerprint density at radius 1 is 1.11 bits per heavy atom. The third-order valence-corrected chi connectivity index (χ3v) is 2.89. The molecule has 2 nitrogen and oxygen atoms in total. The smallest absolute Gasteiger partial charge is 0.258 e. The number of amides is 1. The van der Waals surface area contributed by atoms with E-state index >= 15 is 0 Å². The zero-order valence-corrected chi connectivity index (χ0v) is 10.8. The van der Waals surface area contributed by atoms with Crippen LogP contribution in [0.1, 0.15) is 15.9 Å². The predicted molar refractivity (Wildman–Crippen MR) is 75.3 cm³/mol. The Morgan fingerprint density at radius 3 is 2.47 bits per heavy atom. The molecule has 0 fully saturated rings. The van der Waals surface area contributed by atoms with Crippen LogP contribution in [0.2, 0.25) is 0 Å². The molecule has 0 spiro atoms. The van der Waals surface area contributed by atoms with Crippen molar-refractivity contribution in [2.45, 2.75) is 6.92 Å². The van der Waals surface area contributed by atoms with Crippen molar-refractivity contribution in [2.24, 2.45) is 0 Å². The molecule has 0 aromatic heterocycles. The van der Waals surface area contributed by atoms with Crippen LogP contribution in [0, 0.1) is 6.92 Å². The summed E-state index contributed by atoms with van der Waals surface area (Å²) in [6.07, 6.45) is 0. The first-order chi connectivity index (χ1) is 9.22. The number of carbonyl (C=O) groups excluding carboxylic acids is 1. The Balaban J connectivity index is 2.32. The van der Waals surface area contributed by atoms with E-state index in [0.29, 0.717) is 11.3 Å². The van der Waals surface area contributed by atoms with Crippen molar-refractivity contribution in [3.05, 3.63) is 65.7 Å². The van der Waals surface area contributed by atoms with Gasteiger partial charge in [0.05, 0.1) is 6.54 Å². The highest BCUT2D eigenvalue weighted by Crippen LogP contribution is 2.17. The van der Waals surface area contributed by atoms with Crippen LogP contribution in [-0.4, -0.2) is 19.1 Å². The SMILES string of the molecule is Cc1cccc(C(=O)N(CCF)c2ccccc2)c1. The van der Waals surface area contributed by atoms with E-state index < -0.39 is 6.67 Å². The highest BCUT2D eigenvalue weighted by molar-refractivity contribution is 6.06. The average molecular weight is 257 g/mol. The van der Waals surface area contributed by atoms with Gasteiger partial charge in [0.25, 0.3) is 5.91 Å². The zero-order chi connectivity index (χ0) is 13.7. The van der Waals surface area contributed by atoms with Gasteiger partial charge in [-0.25, -0.2) is 4.39 Å². The van der Waals surface area contributed by atoms with Crippen LogP contribution in [0.3, 0.4) is 0 Å². The lowest BCUT2D eigenvalue weighted by atomic mass is 10.1. The maximum Gasteiger partial charge on any atom is 0.258 e.